The van der Waals surface area contributed by atoms with Gasteiger partial charge < -0.3 is 13.7 Å². The molecule has 7 aromatic carbocycles. The molecule has 3 aromatic heterocycles. The summed E-state index contributed by atoms with van der Waals surface area (Å²) in [5, 5.41) is 7.86. The van der Waals surface area contributed by atoms with Crippen molar-refractivity contribution in [2.75, 3.05) is 0 Å². The summed E-state index contributed by atoms with van der Waals surface area (Å²) in [6, 6.07) is 49.5. The highest BCUT2D eigenvalue weighted by molar-refractivity contribution is 7.00. The molecule has 10 aromatic rings. The quantitative estimate of drug-likeness (QED) is 0.149. The molecule has 3 nitrogen and oxygen atoms in total. The third-order valence-electron chi connectivity index (χ3n) is 13.7. The molecule has 0 fully saturated rings. The smallest absolute Gasteiger partial charge is 0.252 e. The topological polar surface area (TPSA) is 14.8 Å². The fourth-order valence-electron chi connectivity index (χ4n) is 10.7. The molecule has 0 amide bonds. The number of aromatic nitrogens is 3. The molecular formula is C54H48BN3. The Morgan fingerprint density at radius 2 is 0.897 bits per heavy atom. The normalized spacial score (nSPS) is 13.9. The van der Waals surface area contributed by atoms with E-state index in [1.807, 2.05) is 0 Å². The van der Waals surface area contributed by atoms with Crippen LogP contribution in [0.3, 0.4) is 0 Å². The first-order valence-electron chi connectivity index (χ1n) is 21.1. The molecule has 0 saturated heterocycles. The average Bonchev–Trinajstić information content (AvgIpc) is 3.84. The molecule has 12 rings (SSSR count). The van der Waals surface area contributed by atoms with E-state index in [1.54, 1.807) is 0 Å². The van der Waals surface area contributed by atoms with Gasteiger partial charge in [-0.15, -0.1) is 0 Å². The maximum Gasteiger partial charge on any atom is 0.252 e. The van der Waals surface area contributed by atoms with Gasteiger partial charge in [-0.1, -0.05) is 141 Å². The van der Waals surface area contributed by atoms with E-state index in [2.05, 4.69) is 203 Å². The zero-order chi connectivity index (χ0) is 39.8. The molecule has 0 radical (unpaired) electrons. The number of rotatable bonds is 1. The minimum Gasteiger partial charge on any atom is -0.310 e. The summed E-state index contributed by atoms with van der Waals surface area (Å²) >= 11 is 0. The largest absolute Gasteiger partial charge is 0.310 e. The second kappa shape index (κ2) is 10.9. The zero-order valence-electron chi connectivity index (χ0n) is 35.0. The summed E-state index contributed by atoms with van der Waals surface area (Å²) in [7, 11) is 0. The van der Waals surface area contributed by atoms with E-state index in [9.17, 15) is 0 Å². The Morgan fingerprint density at radius 1 is 0.362 bits per heavy atom. The lowest BCUT2D eigenvalue weighted by atomic mass is 9.34. The molecule has 2 aliphatic rings. The minimum atomic E-state index is -0.000269. The van der Waals surface area contributed by atoms with E-state index >= 15 is 0 Å². The van der Waals surface area contributed by atoms with Gasteiger partial charge in [0.05, 0.1) is 38.8 Å². The zero-order valence-corrected chi connectivity index (χ0v) is 35.0. The van der Waals surface area contributed by atoms with Crippen LogP contribution in [-0.2, 0) is 16.2 Å². The summed E-state index contributed by atoms with van der Waals surface area (Å²) in [6.07, 6.45) is 0. The predicted molar refractivity (Wildman–Crippen MR) is 250 cm³/mol. The first-order chi connectivity index (χ1) is 27.7. The molecule has 2 aliphatic heterocycles. The van der Waals surface area contributed by atoms with Gasteiger partial charge in [0, 0.05) is 43.7 Å². The van der Waals surface area contributed by atoms with Gasteiger partial charge in [0.2, 0.25) is 0 Å². The third-order valence-corrected chi connectivity index (χ3v) is 13.7. The Hall–Kier alpha value is -6.00. The van der Waals surface area contributed by atoms with Gasteiger partial charge in [0.15, 0.2) is 0 Å². The molecule has 0 N–H and O–H groups in total. The van der Waals surface area contributed by atoms with Gasteiger partial charge in [-0.2, -0.15) is 0 Å². The first kappa shape index (κ1) is 34.1. The standard InChI is InChI=1S/C54H48BN3/c1-52(2,3)31-20-25-43-38(28-31)36-22-26-45-49-50(36)57(43)47-30-33(54(7,8)9)19-23-39(47)55(49)40-24-27-44(56-41-16-12-10-14-34(41)35-15-11-13-17-42(35)56)48-37-21-18-32(53(4,5)6)29-46(37)58(45)51(40)48/h10-30H,1-9H3. The Labute approximate surface area is 340 Å². The van der Waals surface area contributed by atoms with Crippen LogP contribution in [0.15, 0.2) is 127 Å². The Kier molecular flexibility index (Phi) is 6.42. The van der Waals surface area contributed by atoms with E-state index in [-0.39, 0.29) is 23.0 Å². The molecule has 282 valence electrons. The highest BCUT2D eigenvalue weighted by Gasteiger charge is 2.42. The van der Waals surface area contributed by atoms with Crippen molar-refractivity contribution in [1.82, 2.24) is 13.7 Å². The lowest BCUT2D eigenvalue weighted by molar-refractivity contribution is 0.590. The van der Waals surface area contributed by atoms with Crippen molar-refractivity contribution in [3.63, 3.8) is 0 Å². The Morgan fingerprint density at radius 3 is 1.59 bits per heavy atom. The summed E-state index contributed by atoms with van der Waals surface area (Å²) in [5.41, 5.74) is 19.8. The Balaban J connectivity index is 1.29. The maximum atomic E-state index is 2.65. The van der Waals surface area contributed by atoms with Gasteiger partial charge in [-0.05, 0) is 97.9 Å². The molecule has 0 spiro atoms. The van der Waals surface area contributed by atoms with Crippen LogP contribution in [0.1, 0.15) is 79.0 Å². The number of hydrogen-bond donors (Lipinski definition) is 0. The summed E-state index contributed by atoms with van der Waals surface area (Å²) in [6.45, 7) is 21.1. The van der Waals surface area contributed by atoms with Gasteiger partial charge in [-0.25, -0.2) is 0 Å². The average molecular weight is 750 g/mol. The van der Waals surface area contributed by atoms with Crippen LogP contribution in [0.2, 0.25) is 0 Å². The van der Waals surface area contributed by atoms with Gasteiger partial charge in [-0.3, -0.25) is 0 Å². The lowest BCUT2D eigenvalue weighted by Gasteiger charge is -2.34. The van der Waals surface area contributed by atoms with Crippen LogP contribution in [-0.4, -0.2) is 20.4 Å². The van der Waals surface area contributed by atoms with Crippen LogP contribution >= 0.6 is 0 Å². The molecular weight excluding hydrogens is 701 g/mol. The summed E-state index contributed by atoms with van der Waals surface area (Å²) in [4.78, 5) is 0. The van der Waals surface area contributed by atoms with Crippen LogP contribution in [0.25, 0.3) is 82.5 Å². The highest BCUT2D eigenvalue weighted by atomic mass is 15.0. The molecule has 0 bridgehead atoms. The fraction of sp³-hybridized carbons (Fsp3) is 0.222. The van der Waals surface area contributed by atoms with Crippen LogP contribution in [0, 0.1) is 0 Å². The van der Waals surface area contributed by atoms with Crippen molar-refractivity contribution in [3.8, 4) is 17.1 Å². The highest BCUT2D eigenvalue weighted by Crippen LogP contribution is 2.45. The van der Waals surface area contributed by atoms with Gasteiger partial charge >= 0.3 is 0 Å². The molecule has 0 unspecified atom stereocenters. The summed E-state index contributed by atoms with van der Waals surface area (Å²) in [5.74, 6) is 0. The molecule has 58 heavy (non-hydrogen) atoms. The lowest BCUT2D eigenvalue weighted by Crippen LogP contribution is -2.59. The summed E-state index contributed by atoms with van der Waals surface area (Å²) < 4.78 is 7.80. The van der Waals surface area contributed by atoms with Crippen molar-refractivity contribution in [1.29, 1.82) is 0 Å². The number of fused-ring (bicyclic) bond motifs is 14. The second-order valence-electron chi connectivity index (χ2n) is 20.3. The number of benzene rings is 7. The number of para-hydroxylation sites is 2. The van der Waals surface area contributed by atoms with E-state index in [4.69, 9.17) is 0 Å². The molecule has 0 saturated carbocycles. The maximum absolute atomic E-state index is 2.65. The van der Waals surface area contributed by atoms with Crippen LogP contribution in [0.4, 0.5) is 0 Å². The van der Waals surface area contributed by atoms with Crippen molar-refractivity contribution >= 4 is 88.5 Å². The van der Waals surface area contributed by atoms with Crippen LogP contribution < -0.4 is 16.4 Å². The molecule has 4 heteroatoms. The first-order valence-corrected chi connectivity index (χ1v) is 21.1. The van der Waals surface area contributed by atoms with Crippen molar-refractivity contribution in [2.24, 2.45) is 0 Å². The number of nitrogens with zero attached hydrogens (tertiary/aromatic N) is 3. The second-order valence-corrected chi connectivity index (χ2v) is 20.3. The predicted octanol–water partition coefficient (Wildman–Crippen LogP) is 12.0. The third kappa shape index (κ3) is 4.31. The molecule has 0 aliphatic carbocycles. The fourth-order valence-corrected chi connectivity index (χ4v) is 10.7. The molecule has 5 heterocycles. The minimum absolute atomic E-state index is 0.000269. The van der Waals surface area contributed by atoms with E-state index < -0.39 is 0 Å². The SMILES string of the molecule is CC(C)(C)c1ccc2c(c1)-n1c3ccc(C(C)(C)C)cc3c3ccc4c(c31)B2c1ccc(-n2c3ccccc3c3ccccc32)c2c3ccc(C(C)(C)C)cc3n-4c12. The van der Waals surface area contributed by atoms with Crippen LogP contribution in [0.5, 0.6) is 0 Å². The Bertz CT molecular complexity index is 3400. The van der Waals surface area contributed by atoms with Gasteiger partial charge in [0.25, 0.3) is 6.71 Å². The van der Waals surface area contributed by atoms with Crippen molar-refractivity contribution < 1.29 is 0 Å². The van der Waals surface area contributed by atoms with Crippen molar-refractivity contribution in [3.05, 3.63) is 144 Å². The molecule has 0 atom stereocenters. The van der Waals surface area contributed by atoms with E-state index in [0.717, 1.165) is 0 Å². The van der Waals surface area contributed by atoms with Gasteiger partial charge in [0.1, 0.15) is 0 Å². The monoisotopic (exact) mass is 749 g/mol. The number of hydrogen-bond acceptors (Lipinski definition) is 0. The van der Waals surface area contributed by atoms with E-state index in [0.29, 0.717) is 0 Å². The van der Waals surface area contributed by atoms with E-state index in [1.165, 1.54) is 116 Å². The van der Waals surface area contributed by atoms with Crippen molar-refractivity contribution in [2.45, 2.75) is 78.6 Å².